The fourth-order valence-electron chi connectivity index (χ4n) is 2.09. The van der Waals surface area contributed by atoms with Crippen molar-refractivity contribution in [2.75, 3.05) is 13.2 Å². The van der Waals surface area contributed by atoms with Crippen LogP contribution in [0, 0.1) is 6.92 Å². The van der Waals surface area contributed by atoms with Crippen LogP contribution in [0.15, 0.2) is 46.9 Å². The first-order valence-corrected chi connectivity index (χ1v) is 7.59. The van der Waals surface area contributed by atoms with E-state index in [4.69, 9.17) is 9.47 Å². The van der Waals surface area contributed by atoms with Crippen LogP contribution in [0.4, 0.5) is 0 Å². The Kier molecular flexibility index (Phi) is 4.08. The van der Waals surface area contributed by atoms with Crippen molar-refractivity contribution < 1.29 is 14.3 Å². The van der Waals surface area contributed by atoms with Crippen molar-refractivity contribution in [3.8, 4) is 5.75 Å². The van der Waals surface area contributed by atoms with Gasteiger partial charge in [-0.2, -0.15) is 0 Å². The summed E-state index contributed by atoms with van der Waals surface area (Å²) in [4.78, 5) is 12.5. The van der Waals surface area contributed by atoms with Crippen molar-refractivity contribution in [1.82, 2.24) is 0 Å². The number of hydrogen-bond acceptors (Lipinski definition) is 3. The Morgan fingerprint density at radius 3 is 2.76 bits per heavy atom. The van der Waals surface area contributed by atoms with E-state index < -0.39 is 0 Å². The molecule has 0 N–H and O–H groups in total. The van der Waals surface area contributed by atoms with Crippen LogP contribution >= 0.6 is 15.9 Å². The summed E-state index contributed by atoms with van der Waals surface area (Å²) < 4.78 is 11.5. The average Bonchev–Trinajstić information content (AvgIpc) is 3.30. The summed E-state index contributed by atoms with van der Waals surface area (Å²) in [6.45, 7) is 3.25. The van der Waals surface area contributed by atoms with Gasteiger partial charge in [0, 0.05) is 11.1 Å². The van der Waals surface area contributed by atoms with Gasteiger partial charge < -0.3 is 9.47 Å². The van der Waals surface area contributed by atoms with Crippen molar-refractivity contribution in [3.63, 3.8) is 0 Å². The van der Waals surface area contributed by atoms with Crippen LogP contribution in [0.3, 0.4) is 0 Å². The largest absolute Gasteiger partial charge is 0.490 e. The van der Waals surface area contributed by atoms with Gasteiger partial charge in [0.05, 0.1) is 11.1 Å². The molecule has 0 bridgehead atoms. The third kappa shape index (κ3) is 3.34. The summed E-state index contributed by atoms with van der Waals surface area (Å²) in [5.41, 5.74) is 2.35. The van der Waals surface area contributed by atoms with Gasteiger partial charge in [0.15, 0.2) is 5.78 Å². The number of carbonyl (C=O) groups is 1. The van der Waals surface area contributed by atoms with Gasteiger partial charge in [-0.05, 0) is 46.6 Å². The molecule has 1 saturated heterocycles. The lowest BCUT2D eigenvalue weighted by molar-refractivity contribution is 0.103. The molecule has 0 radical (unpaired) electrons. The smallest absolute Gasteiger partial charge is 0.193 e. The number of halogens is 1. The zero-order valence-electron chi connectivity index (χ0n) is 11.6. The van der Waals surface area contributed by atoms with E-state index in [0.29, 0.717) is 12.2 Å². The lowest BCUT2D eigenvalue weighted by atomic mass is 9.99. The summed E-state index contributed by atoms with van der Waals surface area (Å²) >= 11 is 3.46. The lowest BCUT2D eigenvalue weighted by Gasteiger charge is -2.09. The molecule has 1 fully saturated rings. The van der Waals surface area contributed by atoms with Gasteiger partial charge in [-0.3, -0.25) is 4.79 Å². The minimum atomic E-state index is 0.0193. The standard InChI is InChI=1S/C17H15BrO3/c1-11-4-2-3-5-14(11)17(19)12-6-7-16(15(18)8-12)21-10-13-9-20-13/h2-8,13H,9-10H2,1H3. The Bertz CT molecular complexity index is 677. The zero-order chi connectivity index (χ0) is 14.8. The van der Waals surface area contributed by atoms with Gasteiger partial charge >= 0.3 is 0 Å². The van der Waals surface area contributed by atoms with E-state index in [1.807, 2.05) is 37.3 Å². The number of epoxide rings is 1. The van der Waals surface area contributed by atoms with Gasteiger partial charge in [0.2, 0.25) is 0 Å². The Hall–Kier alpha value is -1.65. The van der Waals surface area contributed by atoms with Crippen LogP contribution in [0.2, 0.25) is 0 Å². The number of ketones is 1. The minimum Gasteiger partial charge on any atom is -0.490 e. The van der Waals surface area contributed by atoms with E-state index in [2.05, 4.69) is 15.9 Å². The number of rotatable bonds is 5. The summed E-state index contributed by atoms with van der Waals surface area (Å²) in [7, 11) is 0. The van der Waals surface area contributed by atoms with Crippen LogP contribution in [0.5, 0.6) is 5.75 Å². The molecule has 1 atom stereocenters. The van der Waals surface area contributed by atoms with E-state index >= 15 is 0 Å². The fourth-order valence-corrected chi connectivity index (χ4v) is 2.58. The number of carbonyl (C=O) groups excluding carboxylic acids is 1. The normalized spacial score (nSPS) is 16.6. The SMILES string of the molecule is Cc1ccccc1C(=O)c1ccc(OCC2CO2)c(Br)c1. The summed E-state index contributed by atoms with van der Waals surface area (Å²) in [5, 5.41) is 0. The molecule has 108 valence electrons. The van der Waals surface area contributed by atoms with Crippen LogP contribution in [-0.4, -0.2) is 25.1 Å². The topological polar surface area (TPSA) is 38.8 Å². The molecule has 4 heteroatoms. The molecule has 1 aliphatic rings. The highest BCUT2D eigenvalue weighted by Crippen LogP contribution is 2.28. The Labute approximate surface area is 132 Å². The van der Waals surface area contributed by atoms with Crippen molar-refractivity contribution in [3.05, 3.63) is 63.6 Å². The molecule has 1 aliphatic heterocycles. The van der Waals surface area contributed by atoms with Gasteiger partial charge in [0.1, 0.15) is 18.5 Å². The van der Waals surface area contributed by atoms with Crippen LogP contribution < -0.4 is 4.74 Å². The van der Waals surface area contributed by atoms with Gasteiger partial charge in [-0.25, -0.2) is 0 Å². The maximum atomic E-state index is 12.5. The predicted octanol–water partition coefficient (Wildman–Crippen LogP) is 3.77. The van der Waals surface area contributed by atoms with Gasteiger partial charge in [-0.15, -0.1) is 0 Å². The molecule has 2 aromatic carbocycles. The van der Waals surface area contributed by atoms with E-state index in [-0.39, 0.29) is 11.9 Å². The quantitative estimate of drug-likeness (QED) is 0.611. The summed E-state index contributed by atoms with van der Waals surface area (Å²) in [5.74, 6) is 0.748. The van der Waals surface area contributed by atoms with Crippen LogP contribution in [-0.2, 0) is 4.74 Å². The molecule has 1 heterocycles. The molecule has 21 heavy (non-hydrogen) atoms. The number of ether oxygens (including phenoxy) is 2. The summed E-state index contributed by atoms with van der Waals surface area (Å²) in [6.07, 6.45) is 0.213. The van der Waals surface area contributed by atoms with Gasteiger partial charge in [-0.1, -0.05) is 24.3 Å². The maximum absolute atomic E-state index is 12.5. The maximum Gasteiger partial charge on any atom is 0.193 e. The molecule has 0 amide bonds. The monoisotopic (exact) mass is 346 g/mol. The molecule has 0 spiro atoms. The molecule has 1 unspecified atom stereocenters. The highest BCUT2D eigenvalue weighted by molar-refractivity contribution is 9.10. The van der Waals surface area contributed by atoms with Crippen molar-refractivity contribution >= 4 is 21.7 Å². The third-order valence-electron chi connectivity index (χ3n) is 3.41. The molecule has 2 aromatic rings. The van der Waals surface area contributed by atoms with Crippen LogP contribution in [0.25, 0.3) is 0 Å². The lowest BCUT2D eigenvalue weighted by Crippen LogP contribution is -2.06. The second-order valence-electron chi connectivity index (χ2n) is 5.06. The van der Waals surface area contributed by atoms with Crippen LogP contribution in [0.1, 0.15) is 21.5 Å². The van der Waals surface area contributed by atoms with E-state index in [1.54, 1.807) is 12.1 Å². The molecule has 3 rings (SSSR count). The van der Waals surface area contributed by atoms with Crippen molar-refractivity contribution in [1.29, 1.82) is 0 Å². The molecule has 0 saturated carbocycles. The van der Waals surface area contributed by atoms with Crippen molar-refractivity contribution in [2.24, 2.45) is 0 Å². The zero-order valence-corrected chi connectivity index (χ0v) is 13.2. The molecular weight excluding hydrogens is 332 g/mol. The minimum absolute atomic E-state index is 0.0193. The fraction of sp³-hybridized carbons (Fsp3) is 0.235. The second-order valence-corrected chi connectivity index (χ2v) is 5.91. The predicted molar refractivity (Wildman–Crippen MR) is 84.0 cm³/mol. The molecule has 3 nitrogen and oxygen atoms in total. The van der Waals surface area contributed by atoms with E-state index in [9.17, 15) is 4.79 Å². The first-order chi connectivity index (χ1) is 10.1. The first kappa shape index (κ1) is 14.3. The van der Waals surface area contributed by atoms with Gasteiger partial charge in [0.25, 0.3) is 0 Å². The third-order valence-corrected chi connectivity index (χ3v) is 4.03. The molecule has 0 aromatic heterocycles. The van der Waals surface area contributed by atoms with E-state index in [1.165, 1.54) is 0 Å². The number of benzene rings is 2. The molecular formula is C17H15BrO3. The average molecular weight is 347 g/mol. The highest BCUT2D eigenvalue weighted by Gasteiger charge is 2.23. The molecule has 0 aliphatic carbocycles. The Morgan fingerprint density at radius 2 is 2.10 bits per heavy atom. The number of aryl methyl sites for hydroxylation is 1. The second kappa shape index (κ2) is 6.00. The van der Waals surface area contributed by atoms with E-state index in [0.717, 1.165) is 28.0 Å². The Balaban J connectivity index is 1.80. The van der Waals surface area contributed by atoms with Crippen molar-refractivity contribution in [2.45, 2.75) is 13.0 Å². The number of hydrogen-bond donors (Lipinski definition) is 0. The Morgan fingerprint density at radius 1 is 1.33 bits per heavy atom. The highest BCUT2D eigenvalue weighted by atomic mass is 79.9. The summed E-state index contributed by atoms with van der Waals surface area (Å²) in [6, 6.07) is 13.0. The first-order valence-electron chi connectivity index (χ1n) is 6.79.